The second kappa shape index (κ2) is 7.44. The van der Waals surface area contributed by atoms with E-state index in [0.29, 0.717) is 6.54 Å². The maximum absolute atomic E-state index is 13.2. The Labute approximate surface area is 158 Å². The van der Waals surface area contributed by atoms with Crippen molar-refractivity contribution in [3.63, 3.8) is 0 Å². The molecular weight excluding hydrogens is 344 g/mol. The number of aromatic nitrogens is 2. The number of amides is 2. The molecule has 4 rings (SSSR count). The molecule has 140 valence electrons. The largest absolute Gasteiger partial charge is 0.356 e. The molecule has 1 aliphatic heterocycles. The zero-order chi connectivity index (χ0) is 18.8. The van der Waals surface area contributed by atoms with E-state index in [4.69, 9.17) is 4.74 Å². The van der Waals surface area contributed by atoms with Gasteiger partial charge in [0.15, 0.2) is 6.10 Å². The zero-order valence-corrected chi connectivity index (χ0v) is 15.2. The predicted molar refractivity (Wildman–Crippen MR) is 97.3 cm³/mol. The van der Waals surface area contributed by atoms with Gasteiger partial charge in [-0.2, -0.15) is 0 Å². The molecule has 2 aromatic rings. The number of morpholine rings is 1. The lowest BCUT2D eigenvalue weighted by atomic mass is 9.97. The van der Waals surface area contributed by atoms with Crippen LogP contribution in [0.25, 0.3) is 0 Å². The summed E-state index contributed by atoms with van der Waals surface area (Å²) in [6.07, 6.45) is 8.03. The van der Waals surface area contributed by atoms with Gasteiger partial charge in [-0.05, 0) is 36.1 Å². The van der Waals surface area contributed by atoms with Crippen LogP contribution in [0.15, 0.2) is 49.1 Å². The smallest absolute Gasteiger partial charge is 0.254 e. The first-order valence-electron chi connectivity index (χ1n) is 9.11. The van der Waals surface area contributed by atoms with E-state index in [1.54, 1.807) is 36.7 Å². The minimum absolute atomic E-state index is 0.0645. The van der Waals surface area contributed by atoms with E-state index >= 15 is 0 Å². The third kappa shape index (κ3) is 3.68. The summed E-state index contributed by atoms with van der Waals surface area (Å²) in [5, 5.41) is 0. The van der Waals surface area contributed by atoms with Gasteiger partial charge in [0.2, 0.25) is 5.91 Å². The van der Waals surface area contributed by atoms with Crippen LogP contribution < -0.4 is 0 Å². The number of hydrogen-bond acceptors (Lipinski definition) is 5. The van der Waals surface area contributed by atoms with Crippen LogP contribution >= 0.6 is 0 Å². The summed E-state index contributed by atoms with van der Waals surface area (Å²) in [5.74, 6) is -0.212. The molecule has 2 amide bonds. The van der Waals surface area contributed by atoms with Gasteiger partial charge in [0, 0.05) is 44.4 Å². The molecule has 2 fully saturated rings. The molecule has 7 heteroatoms. The predicted octanol–water partition coefficient (Wildman–Crippen LogP) is 1.57. The Morgan fingerprint density at radius 1 is 1.22 bits per heavy atom. The van der Waals surface area contributed by atoms with Gasteiger partial charge < -0.3 is 14.5 Å². The van der Waals surface area contributed by atoms with Crippen molar-refractivity contribution >= 4 is 11.8 Å². The van der Waals surface area contributed by atoms with E-state index in [2.05, 4.69) is 9.97 Å². The number of nitrogens with zero attached hydrogens (tertiary/aromatic N) is 4. The van der Waals surface area contributed by atoms with Gasteiger partial charge in [-0.3, -0.25) is 19.6 Å². The van der Waals surface area contributed by atoms with Crippen molar-refractivity contribution in [1.29, 1.82) is 0 Å². The summed E-state index contributed by atoms with van der Waals surface area (Å²) in [5.41, 5.74) is 1.77. The second-order valence-electron chi connectivity index (χ2n) is 7.05. The molecule has 0 N–H and O–H groups in total. The molecular formula is C20H22N4O3. The maximum Gasteiger partial charge on any atom is 0.254 e. The summed E-state index contributed by atoms with van der Waals surface area (Å²) in [4.78, 5) is 37.5. The third-order valence-corrected chi connectivity index (χ3v) is 4.99. The van der Waals surface area contributed by atoms with Crippen molar-refractivity contribution in [2.45, 2.75) is 37.6 Å². The molecule has 2 unspecified atom stereocenters. The highest BCUT2D eigenvalue weighted by molar-refractivity contribution is 5.86. The highest BCUT2D eigenvalue weighted by atomic mass is 16.5. The van der Waals surface area contributed by atoms with Gasteiger partial charge >= 0.3 is 0 Å². The number of hydrogen-bond donors (Lipinski definition) is 0. The van der Waals surface area contributed by atoms with Crippen LogP contribution in [0.2, 0.25) is 0 Å². The van der Waals surface area contributed by atoms with E-state index in [-0.39, 0.29) is 24.5 Å². The lowest BCUT2D eigenvalue weighted by molar-refractivity contribution is -0.170. The normalized spacial score (nSPS) is 22.6. The summed E-state index contributed by atoms with van der Waals surface area (Å²) < 4.78 is 5.76. The first kappa shape index (κ1) is 17.6. The van der Waals surface area contributed by atoms with Crippen molar-refractivity contribution in [2.24, 2.45) is 0 Å². The minimum Gasteiger partial charge on any atom is -0.356 e. The van der Waals surface area contributed by atoms with E-state index in [1.807, 2.05) is 29.2 Å². The van der Waals surface area contributed by atoms with Crippen molar-refractivity contribution < 1.29 is 14.3 Å². The number of carbonyl (C=O) groups excluding carboxylic acids is 2. The number of likely N-dealkylation sites (N-methyl/N-ethyl adjacent to an activating group) is 1. The average Bonchev–Trinajstić information content (AvgIpc) is 3.53. The van der Waals surface area contributed by atoms with Gasteiger partial charge in [0.1, 0.15) is 6.61 Å². The van der Waals surface area contributed by atoms with Crippen LogP contribution in [0.5, 0.6) is 0 Å². The molecule has 7 nitrogen and oxygen atoms in total. The number of pyridine rings is 2. The standard InChI is InChI=1S/C20H22N4O3/c1-23(12-14-4-2-8-21-10-14)20(26)19-18(15-5-3-9-22-11-15)24(16-6-7-16)17(25)13-27-19/h2-5,8-11,16,18-19H,6-7,12-13H2,1H3. The van der Waals surface area contributed by atoms with Crippen molar-refractivity contribution in [2.75, 3.05) is 13.7 Å². The number of ether oxygens (including phenoxy) is 1. The third-order valence-electron chi connectivity index (χ3n) is 4.99. The van der Waals surface area contributed by atoms with Crippen LogP contribution in [-0.4, -0.2) is 57.4 Å². The fraction of sp³-hybridized carbons (Fsp3) is 0.400. The highest BCUT2D eigenvalue weighted by Crippen LogP contribution is 2.39. The number of carbonyl (C=O) groups is 2. The molecule has 2 aromatic heterocycles. The molecule has 0 radical (unpaired) electrons. The number of rotatable bonds is 5. The topological polar surface area (TPSA) is 75.6 Å². The monoisotopic (exact) mass is 366 g/mol. The second-order valence-corrected chi connectivity index (χ2v) is 7.05. The van der Waals surface area contributed by atoms with Crippen molar-refractivity contribution in [1.82, 2.24) is 19.8 Å². The molecule has 1 aliphatic carbocycles. The van der Waals surface area contributed by atoms with E-state index < -0.39 is 12.1 Å². The first-order chi connectivity index (χ1) is 13.1. The van der Waals surface area contributed by atoms with Crippen LogP contribution in [0.3, 0.4) is 0 Å². The highest BCUT2D eigenvalue weighted by Gasteiger charge is 2.48. The van der Waals surface area contributed by atoms with Gasteiger partial charge in [0.25, 0.3) is 5.91 Å². The molecule has 3 heterocycles. The zero-order valence-electron chi connectivity index (χ0n) is 15.2. The van der Waals surface area contributed by atoms with Crippen LogP contribution in [0, 0.1) is 0 Å². The summed E-state index contributed by atoms with van der Waals surface area (Å²) >= 11 is 0. The fourth-order valence-corrected chi connectivity index (χ4v) is 3.56. The average molecular weight is 366 g/mol. The van der Waals surface area contributed by atoms with Crippen LogP contribution in [0.4, 0.5) is 0 Å². The summed E-state index contributed by atoms with van der Waals surface area (Å²) in [6, 6.07) is 7.23. The lowest BCUT2D eigenvalue weighted by Gasteiger charge is -2.41. The Hall–Kier alpha value is -2.80. The molecule has 0 aromatic carbocycles. The van der Waals surface area contributed by atoms with Crippen molar-refractivity contribution in [3.05, 3.63) is 60.2 Å². The quantitative estimate of drug-likeness (QED) is 0.803. The molecule has 1 saturated heterocycles. The summed E-state index contributed by atoms with van der Waals surface area (Å²) in [7, 11) is 1.75. The first-order valence-corrected chi connectivity index (χ1v) is 9.11. The minimum atomic E-state index is -0.742. The lowest BCUT2D eigenvalue weighted by Crippen LogP contribution is -2.55. The van der Waals surface area contributed by atoms with Gasteiger partial charge in [0.05, 0.1) is 6.04 Å². The van der Waals surface area contributed by atoms with Gasteiger partial charge in [-0.1, -0.05) is 12.1 Å². The molecule has 2 atom stereocenters. The Morgan fingerprint density at radius 2 is 1.96 bits per heavy atom. The Kier molecular flexibility index (Phi) is 4.85. The molecule has 0 spiro atoms. The maximum atomic E-state index is 13.2. The van der Waals surface area contributed by atoms with Crippen molar-refractivity contribution in [3.8, 4) is 0 Å². The van der Waals surface area contributed by atoms with E-state index in [1.165, 1.54) is 0 Å². The van der Waals surface area contributed by atoms with Gasteiger partial charge in [-0.25, -0.2) is 0 Å². The SMILES string of the molecule is CN(Cc1cccnc1)C(=O)C1OCC(=O)N(C2CC2)C1c1cccnc1. The van der Waals surface area contributed by atoms with Crippen LogP contribution in [0.1, 0.15) is 30.0 Å². The van der Waals surface area contributed by atoms with Gasteiger partial charge in [-0.15, -0.1) is 0 Å². The Morgan fingerprint density at radius 3 is 2.59 bits per heavy atom. The van der Waals surface area contributed by atoms with E-state index in [9.17, 15) is 9.59 Å². The Balaban J connectivity index is 1.60. The van der Waals surface area contributed by atoms with E-state index in [0.717, 1.165) is 24.0 Å². The molecule has 27 heavy (non-hydrogen) atoms. The molecule has 1 saturated carbocycles. The molecule has 0 bridgehead atoms. The van der Waals surface area contributed by atoms with Crippen LogP contribution in [-0.2, 0) is 20.9 Å². The fourth-order valence-electron chi connectivity index (χ4n) is 3.56. The summed E-state index contributed by atoms with van der Waals surface area (Å²) in [6.45, 7) is 0.369. The molecule has 2 aliphatic rings. The Bertz CT molecular complexity index is 810.